The van der Waals surface area contributed by atoms with E-state index in [2.05, 4.69) is 12.2 Å². The highest BCUT2D eigenvalue weighted by Gasteiger charge is 2.24. The van der Waals surface area contributed by atoms with Gasteiger partial charge in [-0.2, -0.15) is 0 Å². The number of hydrogen-bond donors (Lipinski definition) is 1. The van der Waals surface area contributed by atoms with Crippen LogP contribution in [-0.2, 0) is 4.74 Å². The van der Waals surface area contributed by atoms with Crippen molar-refractivity contribution >= 4 is 0 Å². The van der Waals surface area contributed by atoms with Crippen LogP contribution in [0.5, 0.6) is 0 Å². The fraction of sp³-hybridized carbons (Fsp3) is 1.00. The highest BCUT2D eigenvalue weighted by molar-refractivity contribution is 4.81. The minimum Gasteiger partial charge on any atom is -0.377 e. The van der Waals surface area contributed by atoms with Gasteiger partial charge in [-0.15, -0.1) is 0 Å². The van der Waals surface area contributed by atoms with Crippen LogP contribution in [0.25, 0.3) is 0 Å². The maximum atomic E-state index is 5.78. The molecule has 1 N–H and O–H groups in total. The Kier molecular flexibility index (Phi) is 5.11. The molecule has 0 amide bonds. The average Bonchev–Trinajstić information content (AvgIpc) is 2.38. The van der Waals surface area contributed by atoms with Gasteiger partial charge in [-0.1, -0.05) is 26.2 Å². The molecule has 1 aliphatic carbocycles. The van der Waals surface area contributed by atoms with Crippen LogP contribution in [0.2, 0.25) is 0 Å². The van der Waals surface area contributed by atoms with Crippen LogP contribution in [0.3, 0.4) is 0 Å². The predicted molar refractivity (Wildman–Crippen MR) is 67.6 cm³/mol. The molecule has 1 heterocycles. The lowest BCUT2D eigenvalue weighted by Crippen LogP contribution is -2.43. The van der Waals surface area contributed by atoms with E-state index in [1.807, 2.05) is 0 Å². The highest BCUT2D eigenvalue weighted by atomic mass is 16.5. The molecule has 3 unspecified atom stereocenters. The van der Waals surface area contributed by atoms with Gasteiger partial charge in [0.05, 0.1) is 6.10 Å². The van der Waals surface area contributed by atoms with Crippen LogP contribution in [0, 0.1) is 5.92 Å². The van der Waals surface area contributed by atoms with Crippen molar-refractivity contribution < 1.29 is 4.74 Å². The van der Waals surface area contributed by atoms with Crippen molar-refractivity contribution in [3.8, 4) is 0 Å². The third-order valence-electron chi connectivity index (χ3n) is 4.32. The quantitative estimate of drug-likeness (QED) is 0.794. The van der Waals surface area contributed by atoms with E-state index in [4.69, 9.17) is 4.74 Å². The summed E-state index contributed by atoms with van der Waals surface area (Å²) in [6, 6.07) is 0.768. The second-order valence-electron chi connectivity index (χ2n) is 5.46. The molecule has 0 aromatic carbocycles. The summed E-state index contributed by atoms with van der Waals surface area (Å²) in [5.74, 6) is 0.914. The summed E-state index contributed by atoms with van der Waals surface area (Å²) >= 11 is 0. The van der Waals surface area contributed by atoms with Gasteiger partial charge in [-0.05, 0) is 38.0 Å². The SMILES string of the molecule is CCC1CCCCC1NCC1CCCCO1. The van der Waals surface area contributed by atoms with Crippen molar-refractivity contribution in [3.05, 3.63) is 0 Å². The van der Waals surface area contributed by atoms with Gasteiger partial charge in [0.1, 0.15) is 0 Å². The molecule has 2 rings (SSSR count). The molecule has 0 radical (unpaired) electrons. The van der Waals surface area contributed by atoms with Gasteiger partial charge in [0, 0.05) is 19.2 Å². The Labute approximate surface area is 100 Å². The maximum absolute atomic E-state index is 5.78. The molecule has 1 saturated heterocycles. The molecule has 0 bridgehead atoms. The second-order valence-corrected chi connectivity index (χ2v) is 5.46. The van der Waals surface area contributed by atoms with Gasteiger partial charge in [-0.3, -0.25) is 0 Å². The van der Waals surface area contributed by atoms with Crippen LogP contribution >= 0.6 is 0 Å². The molecule has 2 fully saturated rings. The smallest absolute Gasteiger partial charge is 0.0699 e. The largest absolute Gasteiger partial charge is 0.377 e. The minimum atomic E-state index is 0.494. The molecule has 3 atom stereocenters. The molecular formula is C14H27NO. The summed E-state index contributed by atoms with van der Waals surface area (Å²) in [5, 5.41) is 3.77. The summed E-state index contributed by atoms with van der Waals surface area (Å²) in [6.07, 6.45) is 11.4. The van der Waals surface area contributed by atoms with Crippen LogP contribution in [0.15, 0.2) is 0 Å². The zero-order valence-corrected chi connectivity index (χ0v) is 10.7. The minimum absolute atomic E-state index is 0.494. The molecule has 0 aromatic rings. The third-order valence-corrected chi connectivity index (χ3v) is 4.32. The van der Waals surface area contributed by atoms with Gasteiger partial charge in [0.25, 0.3) is 0 Å². The van der Waals surface area contributed by atoms with E-state index in [-0.39, 0.29) is 0 Å². The normalized spacial score (nSPS) is 36.2. The van der Waals surface area contributed by atoms with Gasteiger partial charge in [0.2, 0.25) is 0 Å². The standard InChI is InChI=1S/C14H27NO/c1-2-12-7-3-4-9-14(12)15-11-13-8-5-6-10-16-13/h12-15H,2-11H2,1H3. The van der Waals surface area contributed by atoms with Gasteiger partial charge >= 0.3 is 0 Å². The second kappa shape index (κ2) is 6.61. The van der Waals surface area contributed by atoms with Crippen LogP contribution in [0.4, 0.5) is 0 Å². The van der Waals surface area contributed by atoms with Crippen molar-refractivity contribution in [2.75, 3.05) is 13.2 Å². The average molecular weight is 225 g/mol. The fourth-order valence-electron chi connectivity index (χ4n) is 3.22. The van der Waals surface area contributed by atoms with E-state index >= 15 is 0 Å². The summed E-state index contributed by atoms with van der Waals surface area (Å²) < 4.78 is 5.78. The van der Waals surface area contributed by atoms with Crippen LogP contribution in [0.1, 0.15) is 58.3 Å². The van der Waals surface area contributed by atoms with E-state index in [1.165, 1.54) is 51.4 Å². The van der Waals surface area contributed by atoms with Crippen molar-refractivity contribution in [1.29, 1.82) is 0 Å². The van der Waals surface area contributed by atoms with E-state index in [9.17, 15) is 0 Å². The van der Waals surface area contributed by atoms with Gasteiger partial charge < -0.3 is 10.1 Å². The number of hydrogen-bond acceptors (Lipinski definition) is 2. The lowest BCUT2D eigenvalue weighted by Gasteiger charge is -2.33. The predicted octanol–water partition coefficient (Wildman–Crippen LogP) is 3.11. The Morgan fingerprint density at radius 3 is 2.62 bits per heavy atom. The summed E-state index contributed by atoms with van der Waals surface area (Å²) in [7, 11) is 0. The summed E-state index contributed by atoms with van der Waals surface area (Å²) in [6.45, 7) is 4.40. The molecule has 0 aromatic heterocycles. The molecular weight excluding hydrogens is 198 g/mol. The fourth-order valence-corrected chi connectivity index (χ4v) is 3.22. The first-order chi connectivity index (χ1) is 7.90. The third kappa shape index (κ3) is 3.46. The number of rotatable bonds is 4. The Morgan fingerprint density at radius 1 is 1.06 bits per heavy atom. The lowest BCUT2D eigenvalue weighted by atomic mass is 9.83. The number of ether oxygens (including phenoxy) is 1. The first-order valence-electron chi connectivity index (χ1n) is 7.25. The Morgan fingerprint density at radius 2 is 1.88 bits per heavy atom. The van der Waals surface area contributed by atoms with Crippen LogP contribution < -0.4 is 5.32 Å². The van der Waals surface area contributed by atoms with E-state index in [0.29, 0.717) is 6.10 Å². The van der Waals surface area contributed by atoms with Crippen molar-refractivity contribution in [2.45, 2.75) is 70.4 Å². The Hall–Kier alpha value is -0.0800. The monoisotopic (exact) mass is 225 g/mol. The van der Waals surface area contributed by atoms with Crippen molar-refractivity contribution in [1.82, 2.24) is 5.32 Å². The summed E-state index contributed by atoms with van der Waals surface area (Å²) in [5.41, 5.74) is 0. The van der Waals surface area contributed by atoms with Gasteiger partial charge in [-0.25, -0.2) is 0 Å². The first kappa shape index (κ1) is 12.4. The van der Waals surface area contributed by atoms with Crippen molar-refractivity contribution in [2.24, 2.45) is 5.92 Å². The zero-order valence-electron chi connectivity index (χ0n) is 10.7. The Balaban J connectivity index is 1.70. The van der Waals surface area contributed by atoms with Gasteiger partial charge in [0.15, 0.2) is 0 Å². The maximum Gasteiger partial charge on any atom is 0.0699 e. The topological polar surface area (TPSA) is 21.3 Å². The molecule has 2 aliphatic rings. The summed E-state index contributed by atoms with van der Waals surface area (Å²) in [4.78, 5) is 0. The Bertz CT molecular complexity index is 189. The molecule has 2 heteroatoms. The molecule has 1 saturated carbocycles. The molecule has 0 spiro atoms. The highest BCUT2D eigenvalue weighted by Crippen LogP contribution is 2.27. The molecule has 2 nitrogen and oxygen atoms in total. The van der Waals surface area contributed by atoms with Crippen LogP contribution in [-0.4, -0.2) is 25.3 Å². The molecule has 94 valence electrons. The lowest BCUT2D eigenvalue weighted by molar-refractivity contribution is 0.0131. The van der Waals surface area contributed by atoms with E-state index < -0.39 is 0 Å². The van der Waals surface area contributed by atoms with Crippen molar-refractivity contribution in [3.63, 3.8) is 0 Å². The zero-order chi connectivity index (χ0) is 11.2. The number of nitrogens with one attached hydrogen (secondary N) is 1. The molecule has 16 heavy (non-hydrogen) atoms. The molecule has 1 aliphatic heterocycles. The van der Waals surface area contributed by atoms with E-state index in [1.54, 1.807) is 0 Å². The van der Waals surface area contributed by atoms with E-state index in [0.717, 1.165) is 25.1 Å². The first-order valence-corrected chi connectivity index (χ1v) is 7.25.